The van der Waals surface area contributed by atoms with Gasteiger partial charge in [-0.3, -0.25) is 19.1 Å². The second kappa shape index (κ2) is 17.3. The molecule has 1 unspecified atom stereocenters. The summed E-state index contributed by atoms with van der Waals surface area (Å²) in [5, 5.41) is 5.21. The Balaban J connectivity index is 1.36. The van der Waals surface area contributed by atoms with Crippen molar-refractivity contribution in [3.63, 3.8) is 0 Å². The zero-order valence-corrected chi connectivity index (χ0v) is 35.2. The number of nitrogens with one attached hydrogen (secondary N) is 3. The van der Waals surface area contributed by atoms with E-state index < -0.39 is 86.4 Å². The van der Waals surface area contributed by atoms with Crippen molar-refractivity contribution in [2.24, 2.45) is 5.92 Å². The molecule has 6 atom stereocenters. The van der Waals surface area contributed by atoms with Gasteiger partial charge < -0.3 is 34.5 Å². The Morgan fingerprint density at radius 3 is 2.38 bits per heavy atom. The van der Waals surface area contributed by atoms with Crippen molar-refractivity contribution < 1.29 is 51.3 Å². The maximum absolute atomic E-state index is 14.8. The Morgan fingerprint density at radius 2 is 1.77 bits per heavy atom. The van der Waals surface area contributed by atoms with Crippen LogP contribution in [0, 0.1) is 5.92 Å². The Bertz CT molecular complexity index is 2310. The van der Waals surface area contributed by atoms with Crippen LogP contribution < -0.4 is 24.8 Å². The monoisotopic (exact) mass is 845 g/mol. The van der Waals surface area contributed by atoms with E-state index in [0.717, 1.165) is 11.6 Å². The number of sulfonamides is 1. The van der Waals surface area contributed by atoms with Crippen molar-refractivity contribution in [2.45, 2.75) is 101 Å². The number of ether oxygens (including phenoxy) is 4. The van der Waals surface area contributed by atoms with E-state index in [-0.39, 0.29) is 19.4 Å². The van der Waals surface area contributed by atoms with Gasteiger partial charge in [-0.15, -0.1) is 6.58 Å². The van der Waals surface area contributed by atoms with Crippen molar-refractivity contribution in [3.05, 3.63) is 79.4 Å². The van der Waals surface area contributed by atoms with Crippen molar-refractivity contribution in [1.29, 1.82) is 0 Å². The predicted molar refractivity (Wildman–Crippen MR) is 221 cm³/mol. The molecule has 3 fully saturated rings. The van der Waals surface area contributed by atoms with Gasteiger partial charge in [0.2, 0.25) is 21.8 Å². The molecule has 17 heteroatoms. The van der Waals surface area contributed by atoms with Gasteiger partial charge in [0.1, 0.15) is 46.9 Å². The summed E-state index contributed by atoms with van der Waals surface area (Å²) in [7, 11) is -2.43. The van der Waals surface area contributed by atoms with Crippen LogP contribution in [-0.4, -0.2) is 102 Å². The molecule has 0 spiro atoms. The number of esters is 1. The number of hydrogen-bond acceptors (Lipinski definition) is 12. The quantitative estimate of drug-likeness (QED) is 0.111. The van der Waals surface area contributed by atoms with Crippen molar-refractivity contribution in [3.8, 4) is 22.8 Å². The fourth-order valence-electron chi connectivity index (χ4n) is 7.15. The van der Waals surface area contributed by atoms with Gasteiger partial charge in [-0.05, 0) is 66.0 Å². The lowest BCUT2D eigenvalue weighted by atomic mass is 10.1. The number of allylic oxidation sites excluding steroid dienone is 1. The molecule has 3 aliphatic rings. The summed E-state index contributed by atoms with van der Waals surface area (Å²) < 4.78 is 50.9. The zero-order chi connectivity index (χ0) is 43.6. The van der Waals surface area contributed by atoms with E-state index in [0.29, 0.717) is 40.9 Å². The number of fused-ring (bicyclic) bond motifs is 1. The number of amides is 4. The number of hydrogen-bond donors (Lipinski definition) is 3. The topological polar surface area (TPSA) is 209 Å². The van der Waals surface area contributed by atoms with Gasteiger partial charge in [-0.1, -0.05) is 42.5 Å². The normalized spacial score (nSPS) is 22.3. The highest BCUT2D eigenvalue weighted by Crippen LogP contribution is 2.45. The maximum Gasteiger partial charge on any atom is 0.408 e. The highest BCUT2D eigenvalue weighted by molar-refractivity contribution is 7.91. The third-order valence-electron chi connectivity index (χ3n) is 10.5. The van der Waals surface area contributed by atoms with Crippen molar-refractivity contribution in [1.82, 2.24) is 25.2 Å². The van der Waals surface area contributed by atoms with Crippen LogP contribution in [0.5, 0.6) is 11.5 Å². The zero-order valence-electron chi connectivity index (χ0n) is 34.4. The summed E-state index contributed by atoms with van der Waals surface area (Å²) in [6, 6.07) is 13.6. The first kappa shape index (κ1) is 43.6. The number of aromatic nitrogens is 1. The highest BCUT2D eigenvalue weighted by Gasteiger charge is 2.62. The van der Waals surface area contributed by atoms with E-state index in [4.69, 9.17) is 23.9 Å². The van der Waals surface area contributed by atoms with Crippen LogP contribution in [0.2, 0.25) is 0 Å². The Hall–Kier alpha value is -5.97. The van der Waals surface area contributed by atoms with Crippen LogP contribution in [0.4, 0.5) is 4.79 Å². The number of nitrogens with zero attached hydrogens (tertiary/aromatic N) is 2. The van der Waals surface area contributed by atoms with Crippen molar-refractivity contribution in [2.75, 3.05) is 13.7 Å². The molecule has 320 valence electrons. The third kappa shape index (κ3) is 9.89. The Morgan fingerprint density at radius 1 is 1.05 bits per heavy atom. The van der Waals surface area contributed by atoms with E-state index in [2.05, 4.69) is 21.9 Å². The second-order valence-electron chi connectivity index (χ2n) is 16.2. The lowest BCUT2D eigenvalue weighted by molar-refractivity contribution is -0.150. The first-order valence-corrected chi connectivity index (χ1v) is 21.3. The van der Waals surface area contributed by atoms with Crippen LogP contribution in [0.25, 0.3) is 22.2 Å². The average molecular weight is 846 g/mol. The molecule has 4 amide bonds. The summed E-state index contributed by atoms with van der Waals surface area (Å²) in [6.07, 6.45) is 1.79. The lowest BCUT2D eigenvalue weighted by Gasteiger charge is -2.32. The number of pyridine rings is 1. The average Bonchev–Trinajstić information content (AvgIpc) is 4.12. The number of alkyl carbamates (subject to hydrolysis) is 1. The molecule has 3 N–H and O–H groups in total. The maximum atomic E-state index is 14.8. The minimum atomic E-state index is -3.97. The van der Waals surface area contributed by atoms with Gasteiger partial charge in [0.25, 0.3) is 5.91 Å². The van der Waals surface area contributed by atoms with Gasteiger partial charge in [0, 0.05) is 41.5 Å². The van der Waals surface area contributed by atoms with E-state index in [1.165, 1.54) is 24.0 Å². The molecular weight excluding hydrogens is 795 g/mol. The number of methoxy groups -OCH3 is 1. The largest absolute Gasteiger partial charge is 0.497 e. The number of carbonyl (C=O) groups excluding carboxylic acids is 5. The molecule has 0 radical (unpaired) electrons. The van der Waals surface area contributed by atoms with Crippen LogP contribution in [0.3, 0.4) is 0 Å². The van der Waals surface area contributed by atoms with Crippen LogP contribution in [0.1, 0.15) is 60.3 Å². The SMILES string of the molecule is C=C[C@@H]1C[C@]1(NC(=O)[C@@H]1CC(Oc2cc(-c3ccccc3)nc3cc(OC)ccc23)CN1C(=O)[C@@H](NC(=O)OC(C)(C)C)[C@@H](C)OC(=O)C=CC)C(=O)NS(=O)(=O)C1CC1. The summed E-state index contributed by atoms with van der Waals surface area (Å²) in [5.74, 6) is -2.91. The first-order chi connectivity index (χ1) is 28.4. The third-order valence-corrected chi connectivity index (χ3v) is 12.3. The molecule has 3 aromatic rings. The molecule has 0 bridgehead atoms. The summed E-state index contributed by atoms with van der Waals surface area (Å²) >= 11 is 0. The number of carbonyl (C=O) groups is 5. The lowest BCUT2D eigenvalue weighted by Crippen LogP contribution is -2.60. The van der Waals surface area contributed by atoms with Crippen molar-refractivity contribution >= 4 is 50.7 Å². The fourth-order valence-corrected chi connectivity index (χ4v) is 8.51. The van der Waals surface area contributed by atoms with E-state index >= 15 is 0 Å². The van der Waals surface area contributed by atoms with Gasteiger partial charge in [0.15, 0.2) is 0 Å². The molecule has 1 aliphatic heterocycles. The standard InChI is InChI=1S/C43H51N5O11S/c1-8-13-36(49)57-25(3)37(45-41(53)59-42(4,5)6)39(51)48-24-29(21-34(48)38(50)46-43(23-27(43)9-2)40(52)47-60(54,55)30-17-18-30)58-35-22-32(26-14-11-10-12-15-26)44-33-20-28(56-7)16-19-31(33)35/h8-16,19-20,22,25,27,29-30,34,37H,2,17-18,21,23-24H2,1,3-7H3,(H,45,53)(H,46,50)(H,47,52)/t25-,27-,29?,34+,37+,43-/m1/s1. The molecule has 1 saturated heterocycles. The summed E-state index contributed by atoms with van der Waals surface area (Å²) in [5.41, 5.74) is -0.658. The summed E-state index contributed by atoms with van der Waals surface area (Å²) in [4.78, 5) is 74.7. The smallest absolute Gasteiger partial charge is 0.408 e. The molecule has 2 heterocycles. The molecule has 6 rings (SSSR count). The molecule has 2 saturated carbocycles. The minimum absolute atomic E-state index is 0.0738. The highest BCUT2D eigenvalue weighted by atomic mass is 32.2. The Labute approximate surface area is 349 Å². The van der Waals surface area contributed by atoms with E-state index in [1.54, 1.807) is 59.1 Å². The predicted octanol–water partition coefficient (Wildman–Crippen LogP) is 4.33. The van der Waals surface area contributed by atoms with Gasteiger partial charge in [-0.2, -0.15) is 0 Å². The van der Waals surface area contributed by atoms with Crippen LogP contribution in [-0.2, 0) is 38.7 Å². The minimum Gasteiger partial charge on any atom is -0.497 e. The van der Waals surface area contributed by atoms with E-state index in [9.17, 15) is 32.4 Å². The fraction of sp³-hybridized carbons (Fsp3) is 0.442. The van der Waals surface area contributed by atoms with Gasteiger partial charge in [-0.25, -0.2) is 23.0 Å². The molecule has 2 aromatic carbocycles. The summed E-state index contributed by atoms with van der Waals surface area (Å²) in [6.45, 7) is 11.5. The molecular formula is C43H51N5O11S. The second-order valence-corrected chi connectivity index (χ2v) is 18.1. The van der Waals surface area contributed by atoms with Crippen LogP contribution >= 0.6 is 0 Å². The van der Waals surface area contributed by atoms with E-state index in [1.807, 2.05) is 30.3 Å². The molecule has 16 nitrogen and oxygen atoms in total. The first-order valence-electron chi connectivity index (χ1n) is 19.7. The van der Waals surface area contributed by atoms with Gasteiger partial charge in [0.05, 0.1) is 30.1 Å². The number of likely N-dealkylation sites (tertiary alicyclic amines) is 1. The molecule has 2 aliphatic carbocycles. The Kier molecular flexibility index (Phi) is 12.6. The molecule has 60 heavy (non-hydrogen) atoms. The molecule has 1 aromatic heterocycles. The van der Waals surface area contributed by atoms with Gasteiger partial charge >= 0.3 is 12.1 Å². The number of benzene rings is 2. The number of rotatable bonds is 15. The van der Waals surface area contributed by atoms with Crippen LogP contribution in [0.15, 0.2) is 79.4 Å².